The van der Waals surface area contributed by atoms with Crippen molar-refractivity contribution in [3.63, 3.8) is 0 Å². The minimum absolute atomic E-state index is 0.265. The zero-order chi connectivity index (χ0) is 23.2. The first-order valence-corrected chi connectivity index (χ1v) is 11.3. The molecule has 3 aromatic rings. The van der Waals surface area contributed by atoms with E-state index in [0.29, 0.717) is 23.6 Å². The molecule has 1 aliphatic heterocycles. The van der Waals surface area contributed by atoms with Crippen LogP contribution in [0.3, 0.4) is 0 Å². The van der Waals surface area contributed by atoms with E-state index in [0.717, 1.165) is 55.0 Å². The maximum atomic E-state index is 9.65. The van der Waals surface area contributed by atoms with Gasteiger partial charge in [-0.15, -0.1) is 0 Å². The Morgan fingerprint density at radius 3 is 2.58 bits per heavy atom. The molecule has 0 radical (unpaired) electrons. The van der Waals surface area contributed by atoms with Gasteiger partial charge in [0.1, 0.15) is 17.0 Å². The fourth-order valence-corrected chi connectivity index (χ4v) is 4.50. The second-order valence-electron chi connectivity index (χ2n) is 8.01. The van der Waals surface area contributed by atoms with Crippen LogP contribution in [-0.4, -0.2) is 37.2 Å². The van der Waals surface area contributed by atoms with Crippen LogP contribution < -0.4 is 14.8 Å². The lowest BCUT2D eigenvalue weighted by atomic mass is 9.96. The van der Waals surface area contributed by atoms with Crippen molar-refractivity contribution in [3.8, 4) is 17.6 Å². The number of fused-ring (bicyclic) bond motifs is 1. The van der Waals surface area contributed by atoms with Crippen molar-refractivity contribution in [1.29, 1.82) is 5.26 Å². The lowest BCUT2D eigenvalue weighted by molar-refractivity contribution is 0.245. The van der Waals surface area contributed by atoms with Gasteiger partial charge in [-0.1, -0.05) is 48.0 Å². The predicted octanol–water partition coefficient (Wildman–Crippen LogP) is 4.84. The van der Waals surface area contributed by atoms with Crippen LogP contribution in [0, 0.1) is 11.3 Å². The number of anilines is 1. The van der Waals surface area contributed by atoms with Crippen molar-refractivity contribution in [3.05, 3.63) is 81.5 Å². The van der Waals surface area contributed by atoms with Crippen molar-refractivity contribution in [1.82, 2.24) is 9.88 Å². The Labute approximate surface area is 199 Å². The Morgan fingerprint density at radius 1 is 1.06 bits per heavy atom. The van der Waals surface area contributed by atoms with Gasteiger partial charge in [-0.05, 0) is 41.7 Å². The standard InChI is InChI=1S/C26H27ClN4O2/c1-32-23-9-8-18(14-24(23)33-2)10-12-29-26-22-17-31(16-19-6-4-3-5-7-19)13-11-20(22)21(15-28)25(27)30-26/h3-9,14H,10-13,16-17H2,1-2H3,(H,29,30). The van der Waals surface area contributed by atoms with E-state index < -0.39 is 0 Å². The van der Waals surface area contributed by atoms with Gasteiger partial charge in [-0.2, -0.15) is 5.26 Å². The van der Waals surface area contributed by atoms with Gasteiger partial charge < -0.3 is 14.8 Å². The van der Waals surface area contributed by atoms with Crippen molar-refractivity contribution >= 4 is 17.4 Å². The molecular weight excluding hydrogens is 436 g/mol. The average molecular weight is 463 g/mol. The van der Waals surface area contributed by atoms with E-state index in [9.17, 15) is 5.26 Å². The van der Waals surface area contributed by atoms with Crippen molar-refractivity contribution in [2.45, 2.75) is 25.9 Å². The smallest absolute Gasteiger partial charge is 0.160 e. The van der Waals surface area contributed by atoms with E-state index in [1.54, 1.807) is 14.2 Å². The third-order valence-electron chi connectivity index (χ3n) is 5.94. The topological polar surface area (TPSA) is 70.4 Å². The van der Waals surface area contributed by atoms with Crippen molar-refractivity contribution in [2.24, 2.45) is 0 Å². The second kappa shape index (κ2) is 10.6. The van der Waals surface area contributed by atoms with Crippen LogP contribution in [0.4, 0.5) is 5.82 Å². The molecule has 0 atom stereocenters. The van der Waals surface area contributed by atoms with E-state index in [2.05, 4.69) is 45.5 Å². The van der Waals surface area contributed by atoms with Crippen molar-refractivity contribution in [2.75, 3.05) is 32.6 Å². The first kappa shape index (κ1) is 22.9. The molecule has 1 aromatic heterocycles. The van der Waals surface area contributed by atoms with Gasteiger partial charge in [0.05, 0.1) is 19.8 Å². The number of hydrogen-bond acceptors (Lipinski definition) is 6. The number of methoxy groups -OCH3 is 2. The molecule has 0 fully saturated rings. The third-order valence-corrected chi connectivity index (χ3v) is 6.22. The maximum Gasteiger partial charge on any atom is 0.160 e. The summed E-state index contributed by atoms with van der Waals surface area (Å²) in [4.78, 5) is 6.93. The number of rotatable bonds is 8. The van der Waals surface area contributed by atoms with Crippen LogP contribution >= 0.6 is 11.6 Å². The summed E-state index contributed by atoms with van der Waals surface area (Å²) in [5, 5.41) is 13.4. The molecule has 2 aromatic carbocycles. The van der Waals surface area contributed by atoms with Crippen LogP contribution in [0.1, 0.15) is 27.8 Å². The van der Waals surface area contributed by atoms with E-state index in [4.69, 9.17) is 21.1 Å². The molecule has 0 saturated carbocycles. The van der Waals surface area contributed by atoms with Crippen LogP contribution in [-0.2, 0) is 25.9 Å². The Bertz CT molecular complexity index is 1160. The normalized spacial score (nSPS) is 13.2. The maximum absolute atomic E-state index is 9.65. The summed E-state index contributed by atoms with van der Waals surface area (Å²) < 4.78 is 10.7. The summed E-state index contributed by atoms with van der Waals surface area (Å²) in [6.45, 7) is 3.13. The zero-order valence-corrected chi connectivity index (χ0v) is 19.7. The number of ether oxygens (including phenoxy) is 2. The summed E-state index contributed by atoms with van der Waals surface area (Å²) in [7, 11) is 3.26. The molecule has 2 heterocycles. The number of pyridine rings is 1. The van der Waals surface area contributed by atoms with E-state index in [1.807, 2.05) is 24.3 Å². The van der Waals surface area contributed by atoms with Crippen LogP contribution in [0.25, 0.3) is 0 Å². The number of nitrogens with one attached hydrogen (secondary N) is 1. The molecule has 0 unspecified atom stereocenters. The van der Waals surface area contributed by atoms with E-state index >= 15 is 0 Å². The van der Waals surface area contributed by atoms with Gasteiger partial charge in [-0.25, -0.2) is 4.98 Å². The molecule has 7 heteroatoms. The molecule has 4 rings (SSSR count). The number of halogens is 1. The molecule has 0 amide bonds. The molecule has 0 aliphatic carbocycles. The van der Waals surface area contributed by atoms with Gasteiger partial charge >= 0.3 is 0 Å². The zero-order valence-electron chi connectivity index (χ0n) is 18.9. The van der Waals surface area contributed by atoms with Crippen LogP contribution in [0.15, 0.2) is 48.5 Å². The van der Waals surface area contributed by atoms with Gasteiger partial charge in [-0.3, -0.25) is 4.90 Å². The van der Waals surface area contributed by atoms with E-state index in [-0.39, 0.29) is 5.15 Å². The summed E-state index contributed by atoms with van der Waals surface area (Å²) in [6, 6.07) is 18.6. The first-order chi connectivity index (χ1) is 16.1. The number of hydrogen-bond donors (Lipinski definition) is 1. The van der Waals surface area contributed by atoms with E-state index in [1.165, 1.54) is 5.56 Å². The molecule has 0 saturated heterocycles. The first-order valence-electron chi connectivity index (χ1n) is 10.9. The highest BCUT2D eigenvalue weighted by Gasteiger charge is 2.25. The summed E-state index contributed by atoms with van der Waals surface area (Å²) in [5.74, 6) is 2.18. The fourth-order valence-electron chi connectivity index (χ4n) is 4.26. The SMILES string of the molecule is COc1ccc(CCNc2nc(Cl)c(C#N)c3c2CN(Cc2ccccc2)CC3)cc1OC. The van der Waals surface area contributed by atoms with Crippen molar-refractivity contribution < 1.29 is 9.47 Å². The summed E-state index contributed by atoms with van der Waals surface area (Å²) in [5.41, 5.74) is 4.96. The number of aromatic nitrogens is 1. The molecular formula is C26H27ClN4O2. The van der Waals surface area contributed by atoms with Gasteiger partial charge in [0.2, 0.25) is 0 Å². The fraction of sp³-hybridized carbons (Fsp3) is 0.308. The Morgan fingerprint density at radius 2 is 1.85 bits per heavy atom. The molecule has 0 bridgehead atoms. The minimum Gasteiger partial charge on any atom is -0.493 e. The van der Waals surface area contributed by atoms with Gasteiger partial charge in [0, 0.05) is 31.7 Å². The number of nitrogens with zero attached hydrogens (tertiary/aromatic N) is 3. The lowest BCUT2D eigenvalue weighted by Crippen LogP contribution is -2.32. The molecule has 33 heavy (non-hydrogen) atoms. The number of benzene rings is 2. The monoisotopic (exact) mass is 462 g/mol. The molecule has 170 valence electrons. The second-order valence-corrected chi connectivity index (χ2v) is 8.37. The predicted molar refractivity (Wildman–Crippen MR) is 130 cm³/mol. The quantitative estimate of drug-likeness (QED) is 0.483. The lowest BCUT2D eigenvalue weighted by Gasteiger charge is -2.31. The van der Waals surface area contributed by atoms with Crippen LogP contribution in [0.2, 0.25) is 5.15 Å². The largest absolute Gasteiger partial charge is 0.493 e. The summed E-state index contributed by atoms with van der Waals surface area (Å²) >= 11 is 6.38. The highest BCUT2D eigenvalue weighted by Crippen LogP contribution is 2.32. The van der Waals surface area contributed by atoms with Crippen LogP contribution in [0.5, 0.6) is 11.5 Å². The molecule has 1 aliphatic rings. The van der Waals surface area contributed by atoms with Gasteiger partial charge in [0.25, 0.3) is 0 Å². The number of nitriles is 1. The third kappa shape index (κ3) is 5.22. The highest BCUT2D eigenvalue weighted by atomic mass is 35.5. The molecule has 6 nitrogen and oxygen atoms in total. The van der Waals surface area contributed by atoms with Gasteiger partial charge in [0.15, 0.2) is 11.5 Å². The average Bonchev–Trinajstić information content (AvgIpc) is 2.85. The highest BCUT2D eigenvalue weighted by molar-refractivity contribution is 6.30. The minimum atomic E-state index is 0.265. The summed E-state index contributed by atoms with van der Waals surface area (Å²) in [6.07, 6.45) is 1.56. The Balaban J connectivity index is 1.51. The molecule has 1 N–H and O–H groups in total. The Hall–Kier alpha value is -3.27. The molecule has 0 spiro atoms. The Kier molecular flexibility index (Phi) is 7.33.